The van der Waals surface area contributed by atoms with Crippen LogP contribution in [0.4, 0.5) is 0 Å². The first-order valence-corrected chi connectivity index (χ1v) is 7.75. The molecule has 0 saturated carbocycles. The maximum atomic E-state index is 11.6. The van der Waals surface area contributed by atoms with Crippen LogP contribution < -0.4 is 5.56 Å². The number of thiazole rings is 1. The van der Waals surface area contributed by atoms with E-state index in [2.05, 4.69) is 37.0 Å². The van der Waals surface area contributed by atoms with Crippen LogP contribution in [-0.4, -0.2) is 9.97 Å². The van der Waals surface area contributed by atoms with E-state index in [-0.39, 0.29) is 5.56 Å². The number of aryl methyl sites for hydroxylation is 2. The predicted octanol–water partition coefficient (Wildman–Crippen LogP) is 4.04. The second-order valence-corrected chi connectivity index (χ2v) is 6.03. The fraction of sp³-hybridized carbons (Fsp3) is 0.176. The van der Waals surface area contributed by atoms with Gasteiger partial charge in [-0.25, -0.2) is 4.98 Å². The lowest BCUT2D eigenvalue weighted by molar-refractivity contribution is 1.10. The third kappa shape index (κ3) is 2.81. The highest BCUT2D eigenvalue weighted by Gasteiger charge is 2.14. The summed E-state index contributed by atoms with van der Waals surface area (Å²) in [5.74, 6) is 0. The first kappa shape index (κ1) is 13.8. The van der Waals surface area contributed by atoms with Gasteiger partial charge in [-0.1, -0.05) is 30.7 Å². The first-order valence-electron chi connectivity index (χ1n) is 6.93. The van der Waals surface area contributed by atoms with Crippen molar-refractivity contribution in [2.24, 2.45) is 0 Å². The summed E-state index contributed by atoms with van der Waals surface area (Å²) in [5, 5.41) is 1.08. The van der Waals surface area contributed by atoms with E-state index in [1.54, 1.807) is 23.6 Å². The molecule has 0 unspecified atom stereocenters. The fourth-order valence-corrected chi connectivity index (χ4v) is 3.31. The number of pyridine rings is 1. The largest absolute Gasteiger partial charge is 0.329 e. The number of H-pyrrole nitrogens is 1. The highest BCUT2D eigenvalue weighted by molar-refractivity contribution is 7.15. The average molecular weight is 296 g/mol. The van der Waals surface area contributed by atoms with E-state index in [0.29, 0.717) is 0 Å². The smallest absolute Gasteiger partial charge is 0.248 e. The van der Waals surface area contributed by atoms with Crippen LogP contribution in [0.25, 0.3) is 21.7 Å². The topological polar surface area (TPSA) is 45.8 Å². The van der Waals surface area contributed by atoms with Crippen molar-refractivity contribution < 1.29 is 0 Å². The van der Waals surface area contributed by atoms with Crippen molar-refractivity contribution in [1.29, 1.82) is 0 Å². The molecule has 3 aromatic rings. The average Bonchev–Trinajstić information content (AvgIpc) is 2.91. The Balaban J connectivity index is 2.21. The van der Waals surface area contributed by atoms with Crippen LogP contribution in [0.15, 0.2) is 47.4 Å². The molecule has 0 bridgehead atoms. The molecule has 2 heterocycles. The molecular formula is C17H16N2OS. The van der Waals surface area contributed by atoms with E-state index < -0.39 is 0 Å². The normalized spacial score (nSPS) is 10.8. The van der Waals surface area contributed by atoms with Crippen molar-refractivity contribution in [3.8, 4) is 21.7 Å². The monoisotopic (exact) mass is 296 g/mol. The molecule has 0 saturated heterocycles. The molecule has 21 heavy (non-hydrogen) atoms. The van der Waals surface area contributed by atoms with Gasteiger partial charge >= 0.3 is 0 Å². The van der Waals surface area contributed by atoms with E-state index in [0.717, 1.165) is 33.1 Å². The van der Waals surface area contributed by atoms with Crippen molar-refractivity contribution in [3.05, 3.63) is 63.5 Å². The Morgan fingerprint density at radius 3 is 2.76 bits per heavy atom. The van der Waals surface area contributed by atoms with Crippen LogP contribution >= 0.6 is 11.3 Å². The molecule has 0 aliphatic rings. The number of nitrogens with zero attached hydrogens (tertiary/aromatic N) is 1. The van der Waals surface area contributed by atoms with Crippen molar-refractivity contribution >= 4 is 11.3 Å². The van der Waals surface area contributed by atoms with Crippen molar-refractivity contribution in [2.75, 3.05) is 0 Å². The maximum Gasteiger partial charge on any atom is 0.248 e. The maximum absolute atomic E-state index is 11.6. The van der Waals surface area contributed by atoms with Gasteiger partial charge in [0.1, 0.15) is 0 Å². The number of hydrogen-bond donors (Lipinski definition) is 1. The van der Waals surface area contributed by atoms with E-state index in [9.17, 15) is 4.79 Å². The lowest BCUT2D eigenvalue weighted by atomic mass is 10.1. The van der Waals surface area contributed by atoms with Crippen LogP contribution in [0.3, 0.4) is 0 Å². The highest BCUT2D eigenvalue weighted by Crippen LogP contribution is 2.36. The quantitative estimate of drug-likeness (QED) is 0.793. The molecule has 0 aliphatic heterocycles. The molecule has 0 amide bonds. The van der Waals surface area contributed by atoms with Crippen LogP contribution in [0.5, 0.6) is 0 Å². The van der Waals surface area contributed by atoms with Crippen LogP contribution in [-0.2, 0) is 6.42 Å². The third-order valence-corrected chi connectivity index (χ3v) is 4.55. The minimum Gasteiger partial charge on any atom is -0.329 e. The van der Waals surface area contributed by atoms with Gasteiger partial charge in [-0.05, 0) is 25.5 Å². The number of benzene rings is 1. The molecule has 4 heteroatoms. The predicted molar refractivity (Wildman–Crippen MR) is 87.7 cm³/mol. The zero-order valence-corrected chi connectivity index (χ0v) is 12.8. The number of rotatable bonds is 3. The van der Waals surface area contributed by atoms with Gasteiger partial charge in [0.15, 0.2) is 0 Å². The lowest BCUT2D eigenvalue weighted by Crippen LogP contribution is -2.01. The van der Waals surface area contributed by atoms with Crippen LogP contribution in [0.1, 0.15) is 17.5 Å². The first-order chi connectivity index (χ1) is 10.2. The summed E-state index contributed by atoms with van der Waals surface area (Å²) in [7, 11) is 0. The molecule has 0 atom stereocenters. The summed E-state index contributed by atoms with van der Waals surface area (Å²) in [5.41, 5.74) is 4.10. The Labute approximate surface area is 127 Å². The standard InChI is InChI=1S/C17H16N2OS/c1-3-15-19-16(12-6-4-5-11(2)9-12)17(21-15)13-7-8-18-14(20)10-13/h4-10H,3H2,1-2H3,(H,18,20). The Bertz CT molecular complexity index is 833. The minimum absolute atomic E-state index is 0.0888. The molecule has 3 nitrogen and oxygen atoms in total. The molecular weight excluding hydrogens is 280 g/mol. The van der Waals surface area contributed by atoms with Gasteiger partial charge in [-0.3, -0.25) is 4.79 Å². The van der Waals surface area contributed by atoms with E-state index in [4.69, 9.17) is 4.98 Å². The summed E-state index contributed by atoms with van der Waals surface area (Å²) in [6.07, 6.45) is 2.58. The van der Waals surface area contributed by atoms with Gasteiger partial charge in [-0.15, -0.1) is 11.3 Å². The summed E-state index contributed by atoms with van der Waals surface area (Å²) in [6.45, 7) is 4.17. The van der Waals surface area contributed by atoms with Gasteiger partial charge in [-0.2, -0.15) is 0 Å². The second-order valence-electron chi connectivity index (χ2n) is 4.95. The summed E-state index contributed by atoms with van der Waals surface area (Å²) >= 11 is 1.66. The van der Waals surface area contributed by atoms with Crippen LogP contribution in [0.2, 0.25) is 0 Å². The van der Waals surface area contributed by atoms with Crippen molar-refractivity contribution in [1.82, 2.24) is 9.97 Å². The van der Waals surface area contributed by atoms with Gasteiger partial charge in [0.2, 0.25) is 5.56 Å². The molecule has 0 spiro atoms. The summed E-state index contributed by atoms with van der Waals surface area (Å²) < 4.78 is 0. The molecule has 0 fully saturated rings. The molecule has 3 rings (SSSR count). The molecule has 106 valence electrons. The zero-order chi connectivity index (χ0) is 14.8. The zero-order valence-electron chi connectivity index (χ0n) is 12.0. The van der Waals surface area contributed by atoms with Gasteiger partial charge < -0.3 is 4.98 Å². The fourth-order valence-electron chi connectivity index (χ4n) is 2.29. The Hall–Kier alpha value is -2.20. The van der Waals surface area contributed by atoms with Crippen molar-refractivity contribution in [3.63, 3.8) is 0 Å². The van der Waals surface area contributed by atoms with Crippen molar-refractivity contribution in [2.45, 2.75) is 20.3 Å². The number of aromatic amines is 1. The summed E-state index contributed by atoms with van der Waals surface area (Å²) in [4.78, 5) is 20.0. The Morgan fingerprint density at radius 2 is 2.05 bits per heavy atom. The van der Waals surface area contributed by atoms with E-state index in [1.807, 2.05) is 12.1 Å². The number of hydrogen-bond acceptors (Lipinski definition) is 3. The lowest BCUT2D eigenvalue weighted by Gasteiger charge is -2.03. The highest BCUT2D eigenvalue weighted by atomic mass is 32.1. The van der Waals surface area contributed by atoms with E-state index in [1.165, 1.54) is 5.56 Å². The Morgan fingerprint density at radius 1 is 1.19 bits per heavy atom. The summed E-state index contributed by atoms with van der Waals surface area (Å²) in [6, 6.07) is 11.9. The number of nitrogens with one attached hydrogen (secondary N) is 1. The molecule has 2 aromatic heterocycles. The molecule has 0 aliphatic carbocycles. The second kappa shape index (κ2) is 5.66. The molecule has 1 N–H and O–H groups in total. The Kier molecular flexibility index (Phi) is 3.71. The third-order valence-electron chi connectivity index (χ3n) is 3.30. The van der Waals surface area contributed by atoms with Gasteiger partial charge in [0.05, 0.1) is 15.6 Å². The van der Waals surface area contributed by atoms with Gasteiger partial charge in [0.25, 0.3) is 0 Å². The SMILES string of the molecule is CCc1nc(-c2cccc(C)c2)c(-c2cc[nH]c(=O)c2)s1. The van der Waals surface area contributed by atoms with Crippen LogP contribution in [0, 0.1) is 6.92 Å². The van der Waals surface area contributed by atoms with E-state index >= 15 is 0 Å². The minimum atomic E-state index is -0.0888. The molecule has 1 aromatic carbocycles. The van der Waals surface area contributed by atoms with Gasteiger partial charge in [0, 0.05) is 23.4 Å². The number of aromatic nitrogens is 2. The molecule has 0 radical (unpaired) electrons.